The van der Waals surface area contributed by atoms with Crippen molar-refractivity contribution < 1.29 is 19.1 Å². The van der Waals surface area contributed by atoms with E-state index >= 15 is 0 Å². The third kappa shape index (κ3) is 3.95. The fourth-order valence-corrected chi connectivity index (χ4v) is 2.20. The van der Waals surface area contributed by atoms with Gasteiger partial charge in [0.25, 0.3) is 0 Å². The van der Waals surface area contributed by atoms with Crippen LogP contribution in [0, 0.1) is 0 Å². The number of hydrogen-bond acceptors (Lipinski definition) is 5. The lowest BCUT2D eigenvalue weighted by Crippen LogP contribution is -2.04. The molecule has 0 spiro atoms. The summed E-state index contributed by atoms with van der Waals surface area (Å²) in [5.74, 6) is 0. The van der Waals surface area contributed by atoms with Crippen molar-refractivity contribution in [2.75, 3.05) is 12.8 Å². The Morgan fingerprint density at radius 2 is 2.16 bits per heavy atom. The first-order chi connectivity index (χ1) is 8.97. The highest BCUT2D eigenvalue weighted by atomic mass is 35.5. The Hall–Kier alpha value is -1.05. The summed E-state index contributed by atoms with van der Waals surface area (Å²) in [6.07, 6.45) is 2.95. The van der Waals surface area contributed by atoms with E-state index in [4.69, 9.17) is 26.1 Å². The number of ether oxygens (including phenoxy) is 1. The molecule has 10 heteroatoms. The standard InChI is InChI=1S/C9H12ClN4O4P/c10-8-7-9(12-4-11-8)14(5-13-7)6-18-2-1-3-19(15,16)17/h4-5H,1-3,6H2,(H2,15,16,17). The maximum Gasteiger partial charge on any atom is 0.325 e. The molecule has 0 aliphatic heterocycles. The fraction of sp³-hybridized carbons (Fsp3) is 0.444. The van der Waals surface area contributed by atoms with Crippen molar-refractivity contribution in [3.63, 3.8) is 0 Å². The molecule has 2 heterocycles. The van der Waals surface area contributed by atoms with E-state index in [0.29, 0.717) is 11.2 Å². The van der Waals surface area contributed by atoms with Gasteiger partial charge in [0.15, 0.2) is 10.8 Å². The van der Waals surface area contributed by atoms with E-state index in [9.17, 15) is 4.57 Å². The number of halogens is 1. The normalized spacial score (nSPS) is 12.2. The molecule has 0 amide bonds. The molecule has 0 aliphatic rings. The highest BCUT2D eigenvalue weighted by molar-refractivity contribution is 7.51. The largest absolute Gasteiger partial charge is 0.361 e. The highest BCUT2D eigenvalue weighted by Gasteiger charge is 2.12. The van der Waals surface area contributed by atoms with Crippen LogP contribution in [0.1, 0.15) is 6.42 Å². The van der Waals surface area contributed by atoms with E-state index in [-0.39, 0.29) is 31.1 Å². The van der Waals surface area contributed by atoms with Crippen LogP contribution in [-0.2, 0) is 16.0 Å². The summed E-state index contributed by atoms with van der Waals surface area (Å²) >= 11 is 5.85. The minimum Gasteiger partial charge on any atom is -0.361 e. The third-order valence-corrected chi connectivity index (χ3v) is 3.50. The van der Waals surface area contributed by atoms with Crippen LogP contribution in [0.15, 0.2) is 12.7 Å². The molecular formula is C9H12ClN4O4P. The number of fused-ring (bicyclic) bond motifs is 1. The van der Waals surface area contributed by atoms with Gasteiger partial charge in [-0.1, -0.05) is 11.6 Å². The van der Waals surface area contributed by atoms with Crippen LogP contribution in [0.25, 0.3) is 11.2 Å². The molecule has 19 heavy (non-hydrogen) atoms. The number of imidazole rings is 1. The average Bonchev–Trinajstić information content (AvgIpc) is 2.72. The molecule has 0 bridgehead atoms. The first-order valence-electron chi connectivity index (χ1n) is 5.41. The summed E-state index contributed by atoms with van der Waals surface area (Å²) in [5.41, 5.74) is 1.04. The van der Waals surface area contributed by atoms with Crippen molar-refractivity contribution in [2.45, 2.75) is 13.2 Å². The number of rotatable bonds is 6. The monoisotopic (exact) mass is 306 g/mol. The van der Waals surface area contributed by atoms with Crippen molar-refractivity contribution >= 4 is 30.4 Å². The Morgan fingerprint density at radius 3 is 2.89 bits per heavy atom. The molecule has 8 nitrogen and oxygen atoms in total. The van der Waals surface area contributed by atoms with E-state index in [2.05, 4.69) is 15.0 Å². The van der Waals surface area contributed by atoms with Crippen LogP contribution in [0.4, 0.5) is 0 Å². The molecule has 0 saturated heterocycles. The minimum atomic E-state index is -3.95. The lowest BCUT2D eigenvalue weighted by molar-refractivity contribution is 0.0794. The molecule has 2 aromatic heterocycles. The maximum absolute atomic E-state index is 10.6. The Bertz CT molecular complexity index is 613. The first kappa shape index (κ1) is 14.4. The second-order valence-corrected chi connectivity index (χ2v) is 5.96. The van der Waals surface area contributed by atoms with E-state index in [0.717, 1.165) is 0 Å². The number of nitrogens with zero attached hydrogens (tertiary/aromatic N) is 4. The van der Waals surface area contributed by atoms with Gasteiger partial charge in [0.2, 0.25) is 0 Å². The predicted octanol–water partition coefficient (Wildman–Crippen LogP) is 1.02. The van der Waals surface area contributed by atoms with E-state index in [1.54, 1.807) is 4.57 Å². The molecule has 0 unspecified atom stereocenters. The number of aromatic nitrogens is 4. The van der Waals surface area contributed by atoms with Gasteiger partial charge in [-0.3, -0.25) is 9.13 Å². The molecule has 2 N–H and O–H groups in total. The summed E-state index contributed by atoms with van der Waals surface area (Å²) < 4.78 is 17.6. The zero-order valence-corrected chi connectivity index (χ0v) is 11.5. The Balaban J connectivity index is 1.89. The molecule has 2 rings (SSSR count). The van der Waals surface area contributed by atoms with E-state index < -0.39 is 7.60 Å². The van der Waals surface area contributed by atoms with Crippen molar-refractivity contribution in [1.29, 1.82) is 0 Å². The van der Waals surface area contributed by atoms with Gasteiger partial charge in [0, 0.05) is 6.61 Å². The summed E-state index contributed by atoms with van der Waals surface area (Å²) in [4.78, 5) is 29.3. The van der Waals surface area contributed by atoms with Crippen molar-refractivity contribution in [3.8, 4) is 0 Å². The maximum atomic E-state index is 10.6. The minimum absolute atomic E-state index is 0.186. The van der Waals surface area contributed by atoms with Gasteiger partial charge in [-0.15, -0.1) is 0 Å². The molecule has 0 aromatic carbocycles. The fourth-order valence-electron chi connectivity index (χ4n) is 1.48. The highest BCUT2D eigenvalue weighted by Crippen LogP contribution is 2.34. The van der Waals surface area contributed by atoms with Gasteiger partial charge >= 0.3 is 7.60 Å². The van der Waals surface area contributed by atoms with Crippen molar-refractivity contribution in [3.05, 3.63) is 17.8 Å². The molecular weight excluding hydrogens is 295 g/mol. The second kappa shape index (κ2) is 5.94. The molecule has 0 aliphatic carbocycles. The SMILES string of the molecule is O=P(O)(O)CCCOCn1cnc2c(Cl)ncnc21. The van der Waals surface area contributed by atoms with Crippen LogP contribution in [0.2, 0.25) is 5.15 Å². The van der Waals surface area contributed by atoms with Crippen molar-refractivity contribution in [2.24, 2.45) is 0 Å². The van der Waals surface area contributed by atoms with Crippen LogP contribution < -0.4 is 0 Å². The predicted molar refractivity (Wildman–Crippen MR) is 67.8 cm³/mol. The van der Waals surface area contributed by atoms with Crippen LogP contribution in [-0.4, -0.2) is 42.1 Å². The third-order valence-electron chi connectivity index (χ3n) is 2.33. The van der Waals surface area contributed by atoms with Gasteiger partial charge in [0.05, 0.1) is 12.5 Å². The first-order valence-corrected chi connectivity index (χ1v) is 7.58. The van der Waals surface area contributed by atoms with E-state index in [1.807, 2.05) is 0 Å². The summed E-state index contributed by atoms with van der Waals surface area (Å²) in [7, 11) is -3.95. The molecule has 0 fully saturated rings. The van der Waals surface area contributed by atoms with Crippen LogP contribution >= 0.6 is 19.2 Å². The smallest absolute Gasteiger partial charge is 0.325 e. The summed E-state index contributed by atoms with van der Waals surface area (Å²) in [6, 6.07) is 0. The topological polar surface area (TPSA) is 110 Å². The van der Waals surface area contributed by atoms with E-state index in [1.165, 1.54) is 12.7 Å². The molecule has 104 valence electrons. The molecule has 0 atom stereocenters. The van der Waals surface area contributed by atoms with Crippen molar-refractivity contribution in [1.82, 2.24) is 19.5 Å². The van der Waals surface area contributed by atoms with Crippen LogP contribution in [0.5, 0.6) is 0 Å². The van der Waals surface area contributed by atoms with Gasteiger partial charge in [-0.2, -0.15) is 0 Å². The summed E-state index contributed by atoms with van der Waals surface area (Å²) in [6.45, 7) is 0.425. The van der Waals surface area contributed by atoms with Gasteiger partial charge in [-0.05, 0) is 6.42 Å². The van der Waals surface area contributed by atoms with Gasteiger partial charge in [-0.25, -0.2) is 15.0 Å². The molecule has 0 radical (unpaired) electrons. The zero-order chi connectivity index (χ0) is 13.9. The van der Waals surface area contributed by atoms with Gasteiger partial charge < -0.3 is 14.5 Å². The summed E-state index contributed by atoms with van der Waals surface area (Å²) in [5, 5.41) is 0.269. The average molecular weight is 307 g/mol. The Labute approximate surface area is 113 Å². The molecule has 0 saturated carbocycles. The quantitative estimate of drug-likeness (QED) is 0.465. The molecule has 2 aromatic rings. The Morgan fingerprint density at radius 1 is 1.37 bits per heavy atom. The van der Waals surface area contributed by atoms with Gasteiger partial charge in [0.1, 0.15) is 18.6 Å². The second-order valence-electron chi connectivity index (χ2n) is 3.83. The number of hydrogen-bond donors (Lipinski definition) is 2. The lowest BCUT2D eigenvalue weighted by atomic mass is 10.5. The Kier molecular flexibility index (Phi) is 4.49. The zero-order valence-electron chi connectivity index (χ0n) is 9.81. The lowest BCUT2D eigenvalue weighted by Gasteiger charge is -2.06. The van der Waals surface area contributed by atoms with Crippen LogP contribution in [0.3, 0.4) is 0 Å².